The summed E-state index contributed by atoms with van der Waals surface area (Å²) >= 11 is 12.2. The molecule has 0 saturated heterocycles. The zero-order valence-electron chi connectivity index (χ0n) is 16.5. The van der Waals surface area contributed by atoms with Crippen LogP contribution in [0.3, 0.4) is 0 Å². The number of imidazole rings is 1. The normalized spacial score (nSPS) is 10.8. The first-order chi connectivity index (χ1) is 14.6. The molecule has 1 heterocycles. The second-order valence-electron chi connectivity index (χ2n) is 6.93. The highest BCUT2D eigenvalue weighted by atomic mass is 35.5. The molecule has 30 heavy (non-hydrogen) atoms. The average molecular weight is 438 g/mol. The third-order valence-electron chi connectivity index (χ3n) is 4.80. The first kappa shape index (κ1) is 20.3. The van der Waals surface area contributed by atoms with E-state index >= 15 is 0 Å². The molecule has 1 aromatic heterocycles. The van der Waals surface area contributed by atoms with Crippen LogP contribution in [-0.2, 0) is 20.2 Å². The van der Waals surface area contributed by atoms with E-state index in [-0.39, 0.29) is 0 Å². The number of aromatic nitrogens is 2. The molecule has 1 N–H and O–H groups in total. The van der Waals surface area contributed by atoms with Crippen LogP contribution in [0.4, 0.5) is 5.95 Å². The molecule has 0 fully saturated rings. The second-order valence-corrected chi connectivity index (χ2v) is 7.74. The van der Waals surface area contributed by atoms with Crippen LogP contribution in [-0.4, -0.2) is 9.55 Å². The Labute approximate surface area is 186 Å². The fourth-order valence-corrected chi connectivity index (χ4v) is 3.46. The minimum absolute atomic E-state index is 0.525. The molecular weight excluding hydrogens is 417 g/mol. The quantitative estimate of drug-likeness (QED) is 0.354. The van der Waals surface area contributed by atoms with Crippen LogP contribution in [0, 0.1) is 0 Å². The van der Waals surface area contributed by atoms with Crippen LogP contribution in [0.2, 0.25) is 10.0 Å². The summed E-state index contributed by atoms with van der Waals surface area (Å²) < 4.78 is 7.91. The molecule has 0 spiro atoms. The Morgan fingerprint density at radius 1 is 0.900 bits per heavy atom. The third-order valence-corrected chi connectivity index (χ3v) is 5.54. The number of ether oxygens (including phenoxy) is 1. The van der Waals surface area contributed by atoms with Crippen LogP contribution in [0.15, 0.2) is 79.0 Å². The van der Waals surface area contributed by atoms with Crippen LogP contribution in [0.1, 0.15) is 11.1 Å². The van der Waals surface area contributed by atoms with E-state index < -0.39 is 0 Å². The molecule has 0 aliphatic heterocycles. The number of benzene rings is 3. The van der Waals surface area contributed by atoms with E-state index in [1.54, 1.807) is 6.07 Å². The minimum atomic E-state index is 0.525. The lowest BCUT2D eigenvalue weighted by atomic mass is 10.2. The van der Waals surface area contributed by atoms with E-state index in [0.717, 1.165) is 34.1 Å². The summed E-state index contributed by atoms with van der Waals surface area (Å²) in [7, 11) is 1.96. The van der Waals surface area contributed by atoms with Crippen molar-refractivity contribution in [3.63, 3.8) is 0 Å². The molecule has 4 rings (SSSR count). The van der Waals surface area contributed by atoms with Crippen molar-refractivity contribution in [2.45, 2.75) is 13.2 Å². The van der Waals surface area contributed by atoms with Crippen molar-refractivity contribution in [2.75, 3.05) is 5.32 Å². The van der Waals surface area contributed by atoms with Crippen LogP contribution in [0.25, 0.3) is 11.3 Å². The van der Waals surface area contributed by atoms with E-state index in [2.05, 4.69) is 28.5 Å². The Kier molecular flexibility index (Phi) is 6.26. The standard InChI is InChI=1S/C24H21Cl2N3O/c1-29-23(19-10-11-21(25)22(26)13-19)15-28-24(29)27-14-18-8-5-9-20(12-18)30-16-17-6-3-2-4-7-17/h2-13,15H,14,16H2,1H3,(H,27,28). The molecular formula is C24H21Cl2N3O. The Hall–Kier alpha value is -2.95. The van der Waals surface area contributed by atoms with Gasteiger partial charge in [-0.2, -0.15) is 0 Å². The van der Waals surface area contributed by atoms with Gasteiger partial charge in [0.05, 0.1) is 21.9 Å². The van der Waals surface area contributed by atoms with Gasteiger partial charge in [0.2, 0.25) is 5.95 Å². The van der Waals surface area contributed by atoms with Gasteiger partial charge in [0.25, 0.3) is 0 Å². The van der Waals surface area contributed by atoms with Crippen LogP contribution < -0.4 is 10.1 Å². The van der Waals surface area contributed by atoms with Crippen molar-refractivity contribution < 1.29 is 4.74 Å². The van der Waals surface area contributed by atoms with E-state index in [4.69, 9.17) is 27.9 Å². The fraction of sp³-hybridized carbons (Fsp3) is 0.125. The minimum Gasteiger partial charge on any atom is -0.489 e. The molecule has 3 aromatic carbocycles. The summed E-state index contributed by atoms with van der Waals surface area (Å²) in [5.41, 5.74) is 4.17. The molecule has 152 valence electrons. The van der Waals surface area contributed by atoms with Crippen molar-refractivity contribution in [1.82, 2.24) is 9.55 Å². The molecule has 6 heteroatoms. The van der Waals surface area contributed by atoms with Crippen molar-refractivity contribution in [3.05, 3.63) is 100 Å². The van der Waals surface area contributed by atoms with Crippen molar-refractivity contribution in [1.29, 1.82) is 0 Å². The molecule has 4 aromatic rings. The summed E-state index contributed by atoms with van der Waals surface area (Å²) in [5.74, 6) is 1.61. The van der Waals surface area contributed by atoms with Crippen molar-refractivity contribution >= 4 is 29.2 Å². The van der Waals surface area contributed by atoms with Gasteiger partial charge in [-0.15, -0.1) is 0 Å². The van der Waals surface area contributed by atoms with E-state index in [1.165, 1.54) is 0 Å². The summed E-state index contributed by atoms with van der Waals surface area (Å²) in [6.45, 7) is 1.18. The molecule has 0 atom stereocenters. The number of anilines is 1. The maximum Gasteiger partial charge on any atom is 0.203 e. The number of hydrogen-bond acceptors (Lipinski definition) is 3. The zero-order valence-corrected chi connectivity index (χ0v) is 18.0. The molecule has 0 saturated carbocycles. The predicted molar refractivity (Wildman–Crippen MR) is 123 cm³/mol. The molecule has 0 unspecified atom stereocenters. The predicted octanol–water partition coefficient (Wildman–Crippen LogP) is 6.59. The Morgan fingerprint density at radius 3 is 2.50 bits per heavy atom. The Morgan fingerprint density at radius 2 is 1.70 bits per heavy atom. The average Bonchev–Trinajstić information content (AvgIpc) is 3.14. The van der Waals surface area contributed by atoms with E-state index in [9.17, 15) is 0 Å². The van der Waals surface area contributed by atoms with Gasteiger partial charge in [-0.3, -0.25) is 0 Å². The summed E-state index contributed by atoms with van der Waals surface area (Å²) in [4.78, 5) is 4.50. The number of nitrogens with zero attached hydrogens (tertiary/aromatic N) is 2. The summed E-state index contributed by atoms with van der Waals surface area (Å²) in [5, 5.41) is 4.45. The monoisotopic (exact) mass is 437 g/mol. The first-order valence-electron chi connectivity index (χ1n) is 9.57. The third kappa shape index (κ3) is 4.78. The highest BCUT2D eigenvalue weighted by Gasteiger charge is 2.10. The van der Waals surface area contributed by atoms with Crippen LogP contribution in [0.5, 0.6) is 5.75 Å². The number of halogens is 2. The van der Waals surface area contributed by atoms with Gasteiger partial charge in [-0.25, -0.2) is 4.98 Å². The molecule has 0 amide bonds. The zero-order chi connectivity index (χ0) is 20.9. The maximum absolute atomic E-state index is 6.15. The van der Waals surface area contributed by atoms with E-state index in [1.807, 2.05) is 66.3 Å². The Balaban J connectivity index is 1.41. The van der Waals surface area contributed by atoms with Gasteiger partial charge < -0.3 is 14.6 Å². The maximum atomic E-state index is 6.15. The SMILES string of the molecule is Cn1c(-c2ccc(Cl)c(Cl)c2)cnc1NCc1cccc(OCc2ccccc2)c1. The Bertz CT molecular complexity index is 1140. The van der Waals surface area contributed by atoms with Crippen molar-refractivity contribution in [3.8, 4) is 17.0 Å². The van der Waals surface area contributed by atoms with Gasteiger partial charge in [0.15, 0.2) is 0 Å². The summed E-state index contributed by atoms with van der Waals surface area (Å²) in [6.07, 6.45) is 1.82. The van der Waals surface area contributed by atoms with E-state index in [0.29, 0.717) is 23.2 Å². The molecule has 0 aliphatic rings. The molecule has 0 aliphatic carbocycles. The summed E-state index contributed by atoms with van der Waals surface area (Å²) in [6, 6.07) is 23.8. The highest BCUT2D eigenvalue weighted by molar-refractivity contribution is 6.42. The smallest absolute Gasteiger partial charge is 0.203 e. The van der Waals surface area contributed by atoms with Gasteiger partial charge in [-0.1, -0.05) is 71.7 Å². The number of rotatable bonds is 7. The highest BCUT2D eigenvalue weighted by Crippen LogP contribution is 2.29. The first-order valence-corrected chi connectivity index (χ1v) is 10.3. The largest absolute Gasteiger partial charge is 0.489 e. The molecule has 0 bridgehead atoms. The van der Waals surface area contributed by atoms with Crippen molar-refractivity contribution in [2.24, 2.45) is 7.05 Å². The number of nitrogens with one attached hydrogen (secondary N) is 1. The second kappa shape index (κ2) is 9.24. The lowest BCUT2D eigenvalue weighted by Crippen LogP contribution is -2.06. The lowest BCUT2D eigenvalue weighted by Gasteiger charge is -2.11. The fourth-order valence-electron chi connectivity index (χ4n) is 3.16. The van der Waals surface area contributed by atoms with Gasteiger partial charge in [0.1, 0.15) is 12.4 Å². The lowest BCUT2D eigenvalue weighted by molar-refractivity contribution is 0.306. The number of hydrogen-bond donors (Lipinski definition) is 1. The molecule has 4 nitrogen and oxygen atoms in total. The van der Waals surface area contributed by atoms with Gasteiger partial charge >= 0.3 is 0 Å². The molecule has 0 radical (unpaired) electrons. The van der Waals surface area contributed by atoms with Gasteiger partial charge in [-0.05, 0) is 35.4 Å². The topological polar surface area (TPSA) is 39.1 Å². The van der Waals surface area contributed by atoms with Gasteiger partial charge in [0, 0.05) is 19.2 Å². The van der Waals surface area contributed by atoms with Crippen LogP contribution >= 0.6 is 23.2 Å².